The molecule has 0 fully saturated rings. The molecule has 0 aliphatic heterocycles. The zero-order valence-corrected chi connectivity index (χ0v) is 12.7. The van der Waals surface area contributed by atoms with Crippen molar-refractivity contribution in [1.29, 1.82) is 0 Å². The first-order chi connectivity index (χ1) is 8.01. The third-order valence-corrected chi connectivity index (χ3v) is 4.06. The van der Waals surface area contributed by atoms with E-state index in [0.717, 1.165) is 22.9 Å². The first kappa shape index (κ1) is 14.5. The third-order valence-electron chi connectivity index (χ3n) is 3.57. The molecule has 0 aliphatic rings. The molecule has 2 nitrogen and oxygen atoms in total. The van der Waals surface area contributed by atoms with E-state index in [2.05, 4.69) is 48.6 Å². The summed E-state index contributed by atoms with van der Waals surface area (Å²) in [7, 11) is 2.13. The normalized spacial score (nSPS) is 13.4. The number of phenolic OH excluding ortho intramolecular Hbond substituents is 1. The topological polar surface area (TPSA) is 23.5 Å². The lowest BCUT2D eigenvalue weighted by Gasteiger charge is -2.32. The van der Waals surface area contributed by atoms with Crippen molar-refractivity contribution in [2.45, 2.75) is 45.7 Å². The summed E-state index contributed by atoms with van der Waals surface area (Å²) in [5.74, 6) is 0.374. The van der Waals surface area contributed by atoms with Crippen LogP contribution < -0.4 is 0 Å². The average molecular weight is 300 g/mol. The van der Waals surface area contributed by atoms with E-state index in [0.29, 0.717) is 11.8 Å². The summed E-state index contributed by atoms with van der Waals surface area (Å²) < 4.78 is 1.01. The van der Waals surface area contributed by atoms with Crippen LogP contribution in [0.2, 0.25) is 0 Å². The molecule has 0 aromatic heterocycles. The highest BCUT2D eigenvalue weighted by atomic mass is 79.9. The van der Waals surface area contributed by atoms with E-state index < -0.39 is 0 Å². The maximum atomic E-state index is 9.93. The van der Waals surface area contributed by atoms with Gasteiger partial charge in [-0.15, -0.1) is 0 Å². The van der Waals surface area contributed by atoms with Gasteiger partial charge in [-0.25, -0.2) is 0 Å². The van der Waals surface area contributed by atoms with Crippen molar-refractivity contribution in [1.82, 2.24) is 4.90 Å². The monoisotopic (exact) mass is 299 g/mol. The van der Waals surface area contributed by atoms with E-state index in [9.17, 15) is 5.11 Å². The van der Waals surface area contributed by atoms with Gasteiger partial charge in [-0.3, -0.25) is 4.90 Å². The second-order valence-electron chi connectivity index (χ2n) is 4.51. The second kappa shape index (κ2) is 6.41. The smallest absolute Gasteiger partial charge is 0.120 e. The number of hydrogen-bond acceptors (Lipinski definition) is 2. The highest BCUT2D eigenvalue weighted by Gasteiger charge is 2.20. The Labute approximate surface area is 113 Å². The maximum Gasteiger partial charge on any atom is 0.120 e. The Morgan fingerprint density at radius 2 is 1.88 bits per heavy atom. The third kappa shape index (κ3) is 3.46. The van der Waals surface area contributed by atoms with Gasteiger partial charge >= 0.3 is 0 Å². The van der Waals surface area contributed by atoms with Crippen molar-refractivity contribution in [3.63, 3.8) is 0 Å². The number of aromatic hydroxyl groups is 1. The quantitative estimate of drug-likeness (QED) is 0.874. The van der Waals surface area contributed by atoms with Crippen LogP contribution in [0.25, 0.3) is 0 Å². The Morgan fingerprint density at radius 3 is 2.41 bits per heavy atom. The van der Waals surface area contributed by atoms with Gasteiger partial charge < -0.3 is 5.11 Å². The number of rotatable bonds is 5. The standard InChI is InChI=1S/C14H22BrNO/c1-5-12(6-2)16(4)10(3)13-9-11(15)7-8-14(13)17/h7-10,12,17H,5-6H2,1-4H3. The van der Waals surface area contributed by atoms with E-state index in [1.165, 1.54) is 0 Å². The molecule has 1 N–H and O–H groups in total. The molecule has 96 valence electrons. The van der Waals surface area contributed by atoms with Crippen LogP contribution in [0.3, 0.4) is 0 Å². The van der Waals surface area contributed by atoms with Gasteiger partial charge in [0.05, 0.1) is 0 Å². The molecule has 1 atom stereocenters. The molecule has 1 unspecified atom stereocenters. The van der Waals surface area contributed by atoms with Gasteiger partial charge in [0.2, 0.25) is 0 Å². The number of hydrogen-bond donors (Lipinski definition) is 1. The molecule has 0 aliphatic carbocycles. The molecule has 0 spiro atoms. The van der Waals surface area contributed by atoms with E-state index in [1.54, 1.807) is 6.07 Å². The molecule has 0 saturated heterocycles. The summed E-state index contributed by atoms with van der Waals surface area (Å²) in [6.07, 6.45) is 2.26. The Hall–Kier alpha value is -0.540. The van der Waals surface area contributed by atoms with E-state index in [-0.39, 0.29) is 6.04 Å². The first-order valence-corrected chi connectivity index (χ1v) is 7.00. The predicted molar refractivity (Wildman–Crippen MR) is 76.4 cm³/mol. The van der Waals surface area contributed by atoms with Crippen LogP contribution in [-0.2, 0) is 0 Å². The second-order valence-corrected chi connectivity index (χ2v) is 5.43. The summed E-state index contributed by atoms with van der Waals surface area (Å²) >= 11 is 3.46. The fourth-order valence-corrected chi connectivity index (χ4v) is 2.64. The minimum Gasteiger partial charge on any atom is -0.508 e. The lowest BCUT2D eigenvalue weighted by molar-refractivity contribution is 0.172. The lowest BCUT2D eigenvalue weighted by atomic mass is 10.0. The van der Waals surface area contributed by atoms with E-state index >= 15 is 0 Å². The molecule has 0 radical (unpaired) electrons. The SMILES string of the molecule is CCC(CC)N(C)C(C)c1cc(Br)ccc1O. The van der Waals surface area contributed by atoms with Crippen molar-refractivity contribution in [2.24, 2.45) is 0 Å². The number of benzene rings is 1. The van der Waals surface area contributed by atoms with Crippen LogP contribution in [-0.4, -0.2) is 23.1 Å². The van der Waals surface area contributed by atoms with Gasteiger partial charge in [0.1, 0.15) is 5.75 Å². The van der Waals surface area contributed by atoms with Gasteiger partial charge in [0.15, 0.2) is 0 Å². The number of nitrogens with zero attached hydrogens (tertiary/aromatic N) is 1. The zero-order chi connectivity index (χ0) is 13.0. The lowest BCUT2D eigenvalue weighted by Crippen LogP contribution is -2.33. The molecule has 1 rings (SSSR count). The van der Waals surface area contributed by atoms with Gasteiger partial charge in [-0.2, -0.15) is 0 Å². The molecule has 1 aromatic carbocycles. The molecule has 0 heterocycles. The zero-order valence-electron chi connectivity index (χ0n) is 11.1. The van der Waals surface area contributed by atoms with Gasteiger partial charge in [0, 0.05) is 22.1 Å². The molecular formula is C14H22BrNO. The maximum absolute atomic E-state index is 9.93. The van der Waals surface area contributed by atoms with Crippen molar-refractivity contribution in [2.75, 3.05) is 7.05 Å². The largest absolute Gasteiger partial charge is 0.508 e. The molecule has 17 heavy (non-hydrogen) atoms. The molecular weight excluding hydrogens is 278 g/mol. The molecule has 0 amide bonds. The Bertz CT molecular complexity index is 363. The van der Waals surface area contributed by atoms with Crippen LogP contribution in [0.5, 0.6) is 5.75 Å². The Kier molecular flexibility index (Phi) is 5.47. The van der Waals surface area contributed by atoms with Crippen LogP contribution in [0, 0.1) is 0 Å². The number of phenols is 1. The Morgan fingerprint density at radius 1 is 1.29 bits per heavy atom. The van der Waals surface area contributed by atoms with Crippen LogP contribution in [0.15, 0.2) is 22.7 Å². The summed E-state index contributed by atoms with van der Waals surface area (Å²) in [5.41, 5.74) is 0.980. The van der Waals surface area contributed by atoms with Crippen molar-refractivity contribution in [3.05, 3.63) is 28.2 Å². The van der Waals surface area contributed by atoms with Gasteiger partial charge in [0.25, 0.3) is 0 Å². The van der Waals surface area contributed by atoms with Gasteiger partial charge in [-0.1, -0.05) is 29.8 Å². The van der Waals surface area contributed by atoms with Crippen LogP contribution >= 0.6 is 15.9 Å². The van der Waals surface area contributed by atoms with E-state index in [1.807, 2.05) is 12.1 Å². The summed E-state index contributed by atoms with van der Waals surface area (Å²) in [5, 5.41) is 9.93. The molecule has 0 bridgehead atoms. The van der Waals surface area contributed by atoms with Crippen LogP contribution in [0.4, 0.5) is 0 Å². The minimum atomic E-state index is 0.220. The predicted octanol–water partition coefficient (Wildman–Crippen LogP) is 4.34. The van der Waals surface area contributed by atoms with Crippen LogP contribution in [0.1, 0.15) is 45.2 Å². The highest BCUT2D eigenvalue weighted by Crippen LogP contribution is 2.32. The first-order valence-electron chi connectivity index (χ1n) is 6.21. The molecule has 1 aromatic rings. The van der Waals surface area contributed by atoms with Crippen molar-refractivity contribution in [3.8, 4) is 5.75 Å². The fourth-order valence-electron chi connectivity index (χ4n) is 2.26. The molecule has 0 saturated carbocycles. The van der Waals surface area contributed by atoms with Crippen molar-refractivity contribution < 1.29 is 5.11 Å². The van der Waals surface area contributed by atoms with Crippen molar-refractivity contribution >= 4 is 15.9 Å². The summed E-state index contributed by atoms with van der Waals surface area (Å²) in [6.45, 7) is 6.55. The Balaban J connectivity index is 2.94. The summed E-state index contributed by atoms with van der Waals surface area (Å²) in [6, 6.07) is 6.39. The number of halogens is 1. The van der Waals surface area contributed by atoms with Gasteiger partial charge in [-0.05, 0) is 45.0 Å². The minimum absolute atomic E-state index is 0.220. The highest BCUT2D eigenvalue weighted by molar-refractivity contribution is 9.10. The molecule has 3 heteroatoms. The fraction of sp³-hybridized carbons (Fsp3) is 0.571. The summed E-state index contributed by atoms with van der Waals surface area (Å²) in [4.78, 5) is 2.33. The average Bonchev–Trinajstić information content (AvgIpc) is 2.32. The van der Waals surface area contributed by atoms with E-state index in [4.69, 9.17) is 0 Å².